The smallest absolute Gasteiger partial charge is 0.336 e. The second-order valence-electron chi connectivity index (χ2n) is 4.46. The number of amides is 1. The van der Waals surface area contributed by atoms with Gasteiger partial charge in [0.1, 0.15) is 6.10 Å². The molecule has 9 heteroatoms. The summed E-state index contributed by atoms with van der Waals surface area (Å²) in [6, 6.07) is 1.97. The summed E-state index contributed by atoms with van der Waals surface area (Å²) in [4.78, 5) is 31.9. The summed E-state index contributed by atoms with van der Waals surface area (Å²) in [6.07, 6.45) is -3.83. The molecule has 2 unspecified atom stereocenters. The van der Waals surface area contributed by atoms with E-state index in [0.717, 1.165) is 12.1 Å². The van der Waals surface area contributed by atoms with Crippen molar-refractivity contribution in [3.05, 3.63) is 38.9 Å². The van der Waals surface area contributed by atoms with Crippen molar-refractivity contribution in [2.75, 3.05) is 0 Å². The number of carboxylic acids is 1. The fourth-order valence-corrected chi connectivity index (χ4v) is 1.84. The number of aliphatic hydroxyl groups excluding tert-OH is 2. The molecule has 1 aromatic carbocycles. The van der Waals surface area contributed by atoms with Gasteiger partial charge in [-0.1, -0.05) is 0 Å². The van der Waals surface area contributed by atoms with Gasteiger partial charge in [-0.25, -0.2) is 4.79 Å². The van der Waals surface area contributed by atoms with Crippen LogP contribution in [0.5, 0.6) is 0 Å². The summed E-state index contributed by atoms with van der Waals surface area (Å²) < 4.78 is 0. The number of carbonyl (C=O) groups excluding carboxylic acids is 1. The van der Waals surface area contributed by atoms with Crippen molar-refractivity contribution in [1.82, 2.24) is 0 Å². The van der Waals surface area contributed by atoms with E-state index in [1.807, 2.05) is 0 Å². The van der Waals surface area contributed by atoms with Crippen molar-refractivity contribution in [2.45, 2.75) is 25.6 Å². The maximum Gasteiger partial charge on any atom is 0.336 e. The highest BCUT2D eigenvalue weighted by atomic mass is 16.6. The molecule has 1 rings (SSSR count). The lowest BCUT2D eigenvalue weighted by Gasteiger charge is -2.17. The molecule has 9 nitrogen and oxygen atoms in total. The van der Waals surface area contributed by atoms with Crippen molar-refractivity contribution in [1.29, 1.82) is 0 Å². The van der Waals surface area contributed by atoms with Crippen LogP contribution < -0.4 is 5.73 Å². The molecule has 0 aliphatic carbocycles. The largest absolute Gasteiger partial charge is 0.478 e. The van der Waals surface area contributed by atoms with E-state index in [1.165, 1.54) is 6.92 Å². The van der Waals surface area contributed by atoms with E-state index in [9.17, 15) is 29.9 Å². The number of hydrogen-bond acceptors (Lipinski definition) is 6. The first kappa shape index (κ1) is 16.5. The normalized spacial score (nSPS) is 13.5. The molecule has 1 amide bonds. The topological polar surface area (TPSA) is 164 Å². The molecule has 5 N–H and O–H groups in total. The zero-order valence-electron chi connectivity index (χ0n) is 11.0. The summed E-state index contributed by atoms with van der Waals surface area (Å²) in [5.74, 6) is -2.28. The van der Waals surface area contributed by atoms with Crippen LogP contribution in [-0.2, 0) is 4.79 Å². The van der Waals surface area contributed by atoms with Crippen molar-refractivity contribution in [2.24, 2.45) is 5.73 Å². The quantitative estimate of drug-likeness (QED) is 0.419. The van der Waals surface area contributed by atoms with Gasteiger partial charge in [0.15, 0.2) is 0 Å². The number of nitrogens with zero attached hydrogens (tertiary/aromatic N) is 1. The standard InChI is InChI=1S/C12H14N2O7/c1-5-7(12(18)19)2-6(3-8(5)14(20)21)11(17)9(15)4-10(13)16/h2-3,9,11,15,17H,4H2,1H3,(H2,13,16)(H,18,19). The number of aromatic carboxylic acids is 1. The zero-order chi connectivity index (χ0) is 16.3. The Hall–Kier alpha value is -2.52. The summed E-state index contributed by atoms with van der Waals surface area (Å²) in [6.45, 7) is 1.26. The lowest BCUT2D eigenvalue weighted by atomic mass is 9.96. The number of nitro benzene ring substituents is 1. The Morgan fingerprint density at radius 1 is 1.38 bits per heavy atom. The molecule has 0 saturated carbocycles. The maximum absolute atomic E-state index is 11.1. The fraction of sp³-hybridized carbons (Fsp3) is 0.333. The van der Waals surface area contributed by atoms with E-state index in [2.05, 4.69) is 0 Å². The lowest BCUT2D eigenvalue weighted by molar-refractivity contribution is -0.385. The molecule has 0 aliphatic rings. The SMILES string of the molecule is Cc1c(C(=O)O)cc(C(O)C(O)CC(N)=O)cc1[N+](=O)[O-]. The number of rotatable bonds is 6. The molecule has 1 aromatic rings. The average Bonchev–Trinajstić information content (AvgIpc) is 2.36. The van der Waals surface area contributed by atoms with Gasteiger partial charge < -0.3 is 21.1 Å². The van der Waals surface area contributed by atoms with Crippen molar-refractivity contribution >= 4 is 17.6 Å². The first-order valence-electron chi connectivity index (χ1n) is 5.81. The van der Waals surface area contributed by atoms with E-state index in [0.29, 0.717) is 0 Å². The highest BCUT2D eigenvalue weighted by Crippen LogP contribution is 2.29. The Labute approximate surface area is 118 Å². The van der Waals surface area contributed by atoms with Crippen LogP contribution in [0.1, 0.15) is 34.0 Å². The van der Waals surface area contributed by atoms with Gasteiger partial charge >= 0.3 is 5.97 Å². The molecule has 0 fully saturated rings. The third-order valence-corrected chi connectivity index (χ3v) is 2.95. The molecule has 0 spiro atoms. The highest BCUT2D eigenvalue weighted by molar-refractivity contribution is 5.91. The summed E-state index contributed by atoms with van der Waals surface area (Å²) >= 11 is 0. The molecule has 114 valence electrons. The Balaban J connectivity index is 3.33. The summed E-state index contributed by atoms with van der Waals surface area (Å²) in [5.41, 5.74) is 3.74. The number of benzene rings is 1. The van der Waals surface area contributed by atoms with Crippen LogP contribution in [0.2, 0.25) is 0 Å². The molecule has 0 heterocycles. The van der Waals surface area contributed by atoms with Gasteiger partial charge in [-0.05, 0) is 18.6 Å². The van der Waals surface area contributed by atoms with Crippen molar-refractivity contribution < 1.29 is 29.8 Å². The Morgan fingerprint density at radius 3 is 2.38 bits per heavy atom. The molecule has 0 bridgehead atoms. The minimum Gasteiger partial charge on any atom is -0.478 e. The maximum atomic E-state index is 11.1. The van der Waals surface area contributed by atoms with Crippen LogP contribution in [0.25, 0.3) is 0 Å². The number of carbonyl (C=O) groups is 2. The van der Waals surface area contributed by atoms with Crippen molar-refractivity contribution in [3.8, 4) is 0 Å². The zero-order valence-corrected chi connectivity index (χ0v) is 11.0. The molecular weight excluding hydrogens is 284 g/mol. The first-order chi connectivity index (χ1) is 9.65. The molecular formula is C12H14N2O7. The van der Waals surface area contributed by atoms with E-state index >= 15 is 0 Å². The van der Waals surface area contributed by atoms with Crippen LogP contribution >= 0.6 is 0 Å². The predicted octanol–water partition coefficient (Wildman–Crippen LogP) is -0.129. The molecule has 0 aliphatic heterocycles. The summed E-state index contributed by atoms with van der Waals surface area (Å²) in [7, 11) is 0. The predicted molar refractivity (Wildman–Crippen MR) is 69.6 cm³/mol. The number of primary amides is 1. The van der Waals surface area contributed by atoms with Gasteiger partial charge in [-0.3, -0.25) is 14.9 Å². The third kappa shape index (κ3) is 3.74. The summed E-state index contributed by atoms with van der Waals surface area (Å²) in [5, 5.41) is 39.4. The number of hydrogen-bond donors (Lipinski definition) is 4. The van der Waals surface area contributed by atoms with Crippen LogP contribution in [0.15, 0.2) is 12.1 Å². The Kier molecular flexibility index (Phi) is 4.95. The van der Waals surface area contributed by atoms with Crippen molar-refractivity contribution in [3.63, 3.8) is 0 Å². The van der Waals surface area contributed by atoms with E-state index in [1.54, 1.807) is 0 Å². The van der Waals surface area contributed by atoms with E-state index in [4.69, 9.17) is 10.8 Å². The van der Waals surface area contributed by atoms with Gasteiger partial charge in [0.05, 0.1) is 23.0 Å². The molecule has 0 aromatic heterocycles. The fourth-order valence-electron chi connectivity index (χ4n) is 1.84. The molecule has 21 heavy (non-hydrogen) atoms. The number of nitro groups is 1. The van der Waals surface area contributed by atoms with Gasteiger partial charge in [-0.15, -0.1) is 0 Å². The second-order valence-corrected chi connectivity index (χ2v) is 4.46. The third-order valence-electron chi connectivity index (χ3n) is 2.95. The van der Waals surface area contributed by atoms with E-state index in [-0.39, 0.29) is 16.7 Å². The molecule has 0 radical (unpaired) electrons. The lowest BCUT2D eigenvalue weighted by Crippen LogP contribution is -2.26. The Bertz CT molecular complexity index is 564. The van der Waals surface area contributed by atoms with Gasteiger partial charge in [0.25, 0.3) is 5.69 Å². The van der Waals surface area contributed by atoms with Gasteiger partial charge in [-0.2, -0.15) is 0 Å². The minimum absolute atomic E-state index is 0.0761. The Morgan fingerprint density at radius 2 is 1.95 bits per heavy atom. The van der Waals surface area contributed by atoms with Crippen LogP contribution in [0, 0.1) is 17.0 Å². The molecule has 0 saturated heterocycles. The van der Waals surface area contributed by atoms with Crippen LogP contribution in [0.3, 0.4) is 0 Å². The van der Waals surface area contributed by atoms with Gasteiger partial charge in [0.2, 0.25) is 5.91 Å². The van der Waals surface area contributed by atoms with Crippen LogP contribution in [-0.4, -0.2) is 38.2 Å². The monoisotopic (exact) mass is 298 g/mol. The first-order valence-corrected chi connectivity index (χ1v) is 5.81. The van der Waals surface area contributed by atoms with E-state index < -0.39 is 41.1 Å². The number of carboxylic acid groups (broad SMARTS) is 1. The molecule has 2 atom stereocenters. The van der Waals surface area contributed by atoms with Crippen LogP contribution in [0.4, 0.5) is 5.69 Å². The number of aliphatic hydroxyl groups is 2. The second kappa shape index (κ2) is 6.29. The number of nitrogens with two attached hydrogens (primary N) is 1. The minimum atomic E-state index is -1.67. The average molecular weight is 298 g/mol. The van der Waals surface area contributed by atoms with Gasteiger partial charge in [0, 0.05) is 11.6 Å². The highest BCUT2D eigenvalue weighted by Gasteiger charge is 2.26.